The lowest BCUT2D eigenvalue weighted by atomic mass is 10.2. The van der Waals surface area contributed by atoms with E-state index in [-0.39, 0.29) is 18.8 Å². The van der Waals surface area contributed by atoms with Crippen molar-refractivity contribution in [1.82, 2.24) is 4.90 Å². The standard InChI is InChI=1S/C14H13IN2O5/c1-22-14(21)8-2-3-10(9(15)6-8)16-11-7-12(19)17(4-5-18)13(11)20/h2-3,6-7,16,18H,4-5H2,1H3. The summed E-state index contributed by atoms with van der Waals surface area (Å²) in [5.41, 5.74) is 1.11. The van der Waals surface area contributed by atoms with Gasteiger partial charge in [-0.2, -0.15) is 0 Å². The fourth-order valence-corrected chi connectivity index (χ4v) is 2.57. The molecular weight excluding hydrogens is 403 g/mol. The molecule has 0 saturated heterocycles. The van der Waals surface area contributed by atoms with Crippen LogP contribution in [0.5, 0.6) is 0 Å². The first-order valence-corrected chi connectivity index (χ1v) is 7.39. The first-order valence-electron chi connectivity index (χ1n) is 6.31. The van der Waals surface area contributed by atoms with Crippen molar-refractivity contribution in [3.05, 3.63) is 39.1 Å². The number of benzene rings is 1. The van der Waals surface area contributed by atoms with Crippen molar-refractivity contribution in [2.45, 2.75) is 0 Å². The highest BCUT2D eigenvalue weighted by molar-refractivity contribution is 14.1. The fraction of sp³-hybridized carbons (Fsp3) is 0.214. The maximum atomic E-state index is 12.0. The average Bonchev–Trinajstić information content (AvgIpc) is 2.76. The van der Waals surface area contributed by atoms with Crippen molar-refractivity contribution < 1.29 is 24.2 Å². The number of β-amino-alcohol motifs (C(OH)–C–C–N with tert-alkyl or cyclic N) is 1. The Hall–Kier alpha value is -1.94. The Morgan fingerprint density at radius 1 is 1.41 bits per heavy atom. The number of carbonyl (C=O) groups is 3. The van der Waals surface area contributed by atoms with Gasteiger partial charge in [-0.1, -0.05) is 0 Å². The highest BCUT2D eigenvalue weighted by Crippen LogP contribution is 2.23. The third-order valence-electron chi connectivity index (χ3n) is 2.99. The van der Waals surface area contributed by atoms with Gasteiger partial charge in [0.1, 0.15) is 5.70 Å². The van der Waals surface area contributed by atoms with Crippen LogP contribution in [-0.4, -0.2) is 48.1 Å². The van der Waals surface area contributed by atoms with E-state index in [1.54, 1.807) is 18.2 Å². The van der Waals surface area contributed by atoms with Crippen molar-refractivity contribution >= 4 is 46.1 Å². The van der Waals surface area contributed by atoms with Gasteiger partial charge in [0.25, 0.3) is 11.8 Å². The predicted molar refractivity (Wildman–Crippen MR) is 86.0 cm³/mol. The summed E-state index contributed by atoms with van der Waals surface area (Å²) in [5.74, 6) is -1.42. The molecule has 1 heterocycles. The summed E-state index contributed by atoms with van der Waals surface area (Å²) in [6.07, 6.45) is 1.18. The third-order valence-corrected chi connectivity index (χ3v) is 3.89. The topological polar surface area (TPSA) is 95.9 Å². The van der Waals surface area contributed by atoms with Crippen LogP contribution in [-0.2, 0) is 14.3 Å². The molecule has 2 N–H and O–H groups in total. The highest BCUT2D eigenvalue weighted by atomic mass is 127. The Morgan fingerprint density at radius 3 is 2.73 bits per heavy atom. The molecule has 0 aliphatic carbocycles. The van der Waals surface area contributed by atoms with Gasteiger partial charge in [0.2, 0.25) is 0 Å². The van der Waals surface area contributed by atoms with Gasteiger partial charge in [-0.05, 0) is 40.8 Å². The number of amides is 2. The van der Waals surface area contributed by atoms with Crippen molar-refractivity contribution in [3.8, 4) is 0 Å². The Morgan fingerprint density at radius 2 is 2.14 bits per heavy atom. The predicted octanol–water partition coefficient (Wildman–Crippen LogP) is 0.735. The molecule has 1 aromatic rings. The number of hydrogen-bond donors (Lipinski definition) is 2. The molecule has 2 amide bonds. The van der Waals surface area contributed by atoms with Gasteiger partial charge < -0.3 is 15.2 Å². The molecule has 0 radical (unpaired) electrons. The summed E-state index contributed by atoms with van der Waals surface area (Å²) in [4.78, 5) is 36.1. The summed E-state index contributed by atoms with van der Waals surface area (Å²) in [6.45, 7) is -0.332. The van der Waals surface area contributed by atoms with Gasteiger partial charge in [0.15, 0.2) is 0 Å². The van der Waals surface area contributed by atoms with Crippen LogP contribution in [0.4, 0.5) is 5.69 Å². The maximum Gasteiger partial charge on any atom is 0.337 e. The molecule has 1 aliphatic heterocycles. The number of rotatable bonds is 5. The van der Waals surface area contributed by atoms with E-state index >= 15 is 0 Å². The second-order valence-corrected chi connectivity index (χ2v) is 5.55. The quantitative estimate of drug-likeness (QED) is 0.418. The number of imide groups is 1. The van der Waals surface area contributed by atoms with Crippen LogP contribution in [0.2, 0.25) is 0 Å². The van der Waals surface area contributed by atoms with Gasteiger partial charge in [-0.25, -0.2) is 4.79 Å². The van der Waals surface area contributed by atoms with Gasteiger partial charge in [-0.15, -0.1) is 0 Å². The van der Waals surface area contributed by atoms with Crippen molar-refractivity contribution in [3.63, 3.8) is 0 Å². The molecule has 0 unspecified atom stereocenters. The van der Waals surface area contributed by atoms with Crippen LogP contribution >= 0.6 is 22.6 Å². The summed E-state index contributed by atoms with van der Waals surface area (Å²) in [6, 6.07) is 4.80. The lowest BCUT2D eigenvalue weighted by Gasteiger charge is -2.14. The van der Waals surface area contributed by atoms with E-state index in [1.807, 2.05) is 22.6 Å². The van der Waals surface area contributed by atoms with Crippen molar-refractivity contribution in [2.75, 3.05) is 25.6 Å². The molecular formula is C14H13IN2O5. The van der Waals surface area contributed by atoms with Crippen LogP contribution in [0.3, 0.4) is 0 Å². The number of aliphatic hydroxyl groups excluding tert-OH is 1. The number of nitrogens with one attached hydrogen (secondary N) is 1. The molecule has 0 spiro atoms. The largest absolute Gasteiger partial charge is 0.465 e. The minimum absolute atomic E-state index is 0.0439. The molecule has 1 aliphatic rings. The molecule has 22 heavy (non-hydrogen) atoms. The number of anilines is 1. The van der Waals surface area contributed by atoms with Gasteiger partial charge in [-0.3, -0.25) is 14.5 Å². The lowest BCUT2D eigenvalue weighted by molar-refractivity contribution is -0.137. The molecule has 0 fully saturated rings. The highest BCUT2D eigenvalue weighted by Gasteiger charge is 2.30. The van der Waals surface area contributed by atoms with Crippen LogP contribution in [0, 0.1) is 3.57 Å². The van der Waals surface area contributed by atoms with E-state index in [0.29, 0.717) is 14.8 Å². The van der Waals surface area contributed by atoms with E-state index in [4.69, 9.17) is 5.11 Å². The number of ether oxygens (including phenoxy) is 1. The van der Waals surface area contributed by atoms with E-state index in [9.17, 15) is 14.4 Å². The number of halogens is 1. The zero-order valence-corrected chi connectivity index (χ0v) is 13.8. The van der Waals surface area contributed by atoms with Crippen LogP contribution < -0.4 is 5.32 Å². The van der Waals surface area contributed by atoms with Gasteiger partial charge >= 0.3 is 5.97 Å². The SMILES string of the molecule is COC(=O)c1ccc(NC2=CC(=O)N(CCO)C2=O)c(I)c1. The summed E-state index contributed by atoms with van der Waals surface area (Å²) in [7, 11) is 1.30. The van der Waals surface area contributed by atoms with Crippen LogP contribution in [0.1, 0.15) is 10.4 Å². The molecule has 0 aromatic heterocycles. The second kappa shape index (κ2) is 6.88. The monoisotopic (exact) mass is 416 g/mol. The maximum absolute atomic E-state index is 12.0. The fourth-order valence-electron chi connectivity index (χ4n) is 1.92. The lowest BCUT2D eigenvalue weighted by Crippen LogP contribution is -2.34. The van der Waals surface area contributed by atoms with E-state index in [0.717, 1.165) is 4.90 Å². The number of nitrogens with zero attached hydrogens (tertiary/aromatic N) is 1. The van der Waals surface area contributed by atoms with E-state index < -0.39 is 17.8 Å². The molecule has 0 saturated carbocycles. The summed E-state index contributed by atoms with van der Waals surface area (Å²) in [5, 5.41) is 11.7. The smallest absolute Gasteiger partial charge is 0.337 e. The average molecular weight is 416 g/mol. The number of esters is 1. The molecule has 0 bridgehead atoms. The summed E-state index contributed by atoms with van der Waals surface area (Å²) < 4.78 is 5.33. The Kier molecular flexibility index (Phi) is 5.14. The minimum Gasteiger partial charge on any atom is -0.465 e. The van der Waals surface area contributed by atoms with E-state index in [1.165, 1.54) is 13.2 Å². The van der Waals surface area contributed by atoms with Gasteiger partial charge in [0, 0.05) is 9.65 Å². The van der Waals surface area contributed by atoms with Crippen molar-refractivity contribution in [2.24, 2.45) is 0 Å². The second-order valence-electron chi connectivity index (χ2n) is 4.39. The molecule has 8 heteroatoms. The normalized spacial score (nSPS) is 14.1. The summed E-state index contributed by atoms with van der Waals surface area (Å²) >= 11 is 2.01. The van der Waals surface area contributed by atoms with Crippen molar-refractivity contribution in [1.29, 1.82) is 0 Å². The number of hydrogen-bond acceptors (Lipinski definition) is 6. The first-order chi connectivity index (χ1) is 10.5. The first kappa shape index (κ1) is 16.4. The molecule has 116 valence electrons. The molecule has 2 rings (SSSR count). The Bertz CT molecular complexity index is 671. The third kappa shape index (κ3) is 3.28. The molecule has 7 nitrogen and oxygen atoms in total. The Labute approximate surface area is 140 Å². The number of aliphatic hydroxyl groups is 1. The minimum atomic E-state index is -0.494. The van der Waals surface area contributed by atoms with Crippen LogP contribution in [0.25, 0.3) is 0 Å². The number of methoxy groups -OCH3 is 1. The zero-order valence-electron chi connectivity index (χ0n) is 11.6. The Balaban J connectivity index is 2.18. The molecule has 0 atom stereocenters. The van der Waals surface area contributed by atoms with Crippen LogP contribution in [0.15, 0.2) is 30.0 Å². The zero-order chi connectivity index (χ0) is 16.3. The van der Waals surface area contributed by atoms with E-state index in [2.05, 4.69) is 10.1 Å². The number of carbonyl (C=O) groups excluding carboxylic acids is 3. The van der Waals surface area contributed by atoms with Gasteiger partial charge in [0.05, 0.1) is 31.5 Å². The molecule has 1 aromatic carbocycles.